The van der Waals surface area contributed by atoms with Gasteiger partial charge in [0.25, 0.3) is 0 Å². The molecule has 1 aromatic heterocycles. The van der Waals surface area contributed by atoms with E-state index >= 15 is 0 Å². The molecule has 17 heavy (non-hydrogen) atoms. The lowest BCUT2D eigenvalue weighted by molar-refractivity contribution is -0.688. The van der Waals surface area contributed by atoms with Crippen molar-refractivity contribution in [3.05, 3.63) is 60.4 Å². The predicted octanol–water partition coefficient (Wildman–Crippen LogP) is 1.68. The molecule has 0 aliphatic carbocycles. The highest BCUT2D eigenvalue weighted by atomic mass is 32.3. The first-order valence-corrected chi connectivity index (χ1v) is 6.42. The Morgan fingerprint density at radius 2 is 1.59 bits per heavy atom. The van der Waals surface area contributed by atoms with Crippen LogP contribution in [-0.2, 0) is 16.8 Å². The summed E-state index contributed by atoms with van der Waals surface area (Å²) in [5.41, 5.74) is 0.911. The summed E-state index contributed by atoms with van der Waals surface area (Å²) in [6.07, 6.45) is 3.81. The van der Waals surface area contributed by atoms with Crippen molar-refractivity contribution in [2.24, 2.45) is 0 Å². The van der Waals surface area contributed by atoms with Crippen LogP contribution in [0.25, 0.3) is 0 Å². The van der Waals surface area contributed by atoms with Crippen LogP contribution in [0.4, 0.5) is 3.89 Å². The zero-order chi connectivity index (χ0) is 12.3. The largest absolute Gasteiger partial charge is 0.332 e. The van der Waals surface area contributed by atoms with E-state index in [9.17, 15) is 12.3 Å². The summed E-state index contributed by atoms with van der Waals surface area (Å²) in [6.45, 7) is 0.619. The number of halogens is 1. The first kappa shape index (κ1) is 11.7. The third kappa shape index (κ3) is 3.10. The van der Waals surface area contributed by atoms with Crippen LogP contribution in [0.15, 0.2) is 59.8 Å². The molecule has 0 saturated carbocycles. The second kappa shape index (κ2) is 4.63. The van der Waals surface area contributed by atoms with Crippen molar-refractivity contribution in [1.29, 1.82) is 0 Å². The van der Waals surface area contributed by atoms with Gasteiger partial charge in [0, 0.05) is 17.7 Å². The van der Waals surface area contributed by atoms with Crippen molar-refractivity contribution < 1.29 is 16.9 Å². The lowest BCUT2D eigenvalue weighted by atomic mass is 10.2. The number of hydrogen-bond donors (Lipinski definition) is 0. The normalized spacial score (nSPS) is 11.4. The average Bonchev–Trinajstić information content (AvgIpc) is 2.30. The highest BCUT2D eigenvalue weighted by molar-refractivity contribution is 7.86. The molecule has 0 aliphatic heterocycles. The summed E-state index contributed by atoms with van der Waals surface area (Å²) >= 11 is 0. The molecule has 0 amide bonds. The van der Waals surface area contributed by atoms with E-state index in [2.05, 4.69) is 0 Å². The van der Waals surface area contributed by atoms with Crippen LogP contribution in [0.1, 0.15) is 5.56 Å². The van der Waals surface area contributed by atoms with Gasteiger partial charge < -0.3 is 0 Å². The van der Waals surface area contributed by atoms with Crippen molar-refractivity contribution in [1.82, 2.24) is 0 Å². The van der Waals surface area contributed by atoms with Gasteiger partial charge in [-0.1, -0.05) is 18.2 Å². The number of aromatic nitrogens is 1. The molecule has 0 aliphatic rings. The molecule has 3 nitrogen and oxygen atoms in total. The summed E-state index contributed by atoms with van der Waals surface area (Å²) in [4.78, 5) is -0.306. The van der Waals surface area contributed by atoms with Crippen LogP contribution in [0.5, 0.6) is 0 Å². The molecule has 0 radical (unpaired) electrons. The van der Waals surface area contributed by atoms with E-state index in [0.29, 0.717) is 6.54 Å². The third-order valence-electron chi connectivity index (χ3n) is 2.35. The van der Waals surface area contributed by atoms with E-state index in [-0.39, 0.29) is 4.90 Å². The van der Waals surface area contributed by atoms with E-state index in [1.165, 1.54) is 12.1 Å². The minimum Gasteiger partial charge on any atom is -0.201 e. The summed E-state index contributed by atoms with van der Waals surface area (Å²) in [7, 11) is -4.60. The summed E-state index contributed by atoms with van der Waals surface area (Å²) in [6, 6.07) is 11.5. The Hall–Kier alpha value is -1.75. The third-order valence-corrected chi connectivity index (χ3v) is 3.18. The molecule has 0 atom stereocenters. The van der Waals surface area contributed by atoms with Crippen molar-refractivity contribution in [3.63, 3.8) is 0 Å². The molecule has 0 bridgehead atoms. The van der Waals surface area contributed by atoms with Crippen LogP contribution in [-0.4, -0.2) is 8.42 Å². The first-order valence-electron chi connectivity index (χ1n) is 5.03. The van der Waals surface area contributed by atoms with Crippen molar-refractivity contribution >= 4 is 10.2 Å². The Kier molecular flexibility index (Phi) is 3.19. The molecule has 88 valence electrons. The van der Waals surface area contributed by atoms with Gasteiger partial charge in [-0.25, -0.2) is 4.57 Å². The van der Waals surface area contributed by atoms with Gasteiger partial charge in [0.2, 0.25) is 0 Å². The summed E-state index contributed by atoms with van der Waals surface area (Å²) in [5, 5.41) is 0. The monoisotopic (exact) mass is 252 g/mol. The lowest BCUT2D eigenvalue weighted by Gasteiger charge is -1.98. The molecule has 0 N–H and O–H groups in total. The fourth-order valence-corrected chi connectivity index (χ4v) is 1.97. The van der Waals surface area contributed by atoms with Crippen LogP contribution in [0.3, 0.4) is 0 Å². The van der Waals surface area contributed by atoms with Gasteiger partial charge in [0.15, 0.2) is 18.9 Å². The number of hydrogen-bond acceptors (Lipinski definition) is 2. The van der Waals surface area contributed by atoms with Gasteiger partial charge in [-0.2, -0.15) is 8.42 Å². The van der Waals surface area contributed by atoms with Gasteiger partial charge in [0.05, 0.1) is 4.90 Å². The van der Waals surface area contributed by atoms with Crippen molar-refractivity contribution in [2.45, 2.75) is 11.4 Å². The molecule has 5 heteroatoms. The Balaban J connectivity index is 2.20. The molecule has 0 fully saturated rings. The van der Waals surface area contributed by atoms with E-state index in [4.69, 9.17) is 0 Å². The Morgan fingerprint density at radius 3 is 2.12 bits per heavy atom. The predicted molar refractivity (Wildman–Crippen MR) is 60.5 cm³/mol. The number of benzene rings is 1. The van der Waals surface area contributed by atoms with Crippen molar-refractivity contribution in [2.75, 3.05) is 0 Å². The van der Waals surface area contributed by atoms with E-state index in [1.807, 2.05) is 35.2 Å². The fraction of sp³-hybridized carbons (Fsp3) is 0.0833. The Morgan fingerprint density at radius 1 is 1.00 bits per heavy atom. The molecule has 2 aromatic rings. The van der Waals surface area contributed by atoms with Gasteiger partial charge >= 0.3 is 10.2 Å². The van der Waals surface area contributed by atoms with Gasteiger partial charge in [-0.05, 0) is 12.1 Å². The maximum atomic E-state index is 12.6. The number of pyridine rings is 1. The standard InChI is InChI=1S/C12H11FNO2S/c13-17(15,16)12-6-4-11(5-7-12)10-14-8-2-1-3-9-14/h1-9H,10H2/q+1. The maximum Gasteiger partial charge on any atom is 0.332 e. The second-order valence-electron chi connectivity index (χ2n) is 3.63. The molecule has 0 unspecified atom stereocenters. The highest BCUT2D eigenvalue weighted by Gasteiger charge is 2.11. The lowest BCUT2D eigenvalue weighted by Crippen LogP contribution is -2.32. The van der Waals surface area contributed by atoms with Gasteiger partial charge in [-0.15, -0.1) is 3.89 Å². The highest BCUT2D eigenvalue weighted by Crippen LogP contribution is 2.12. The van der Waals surface area contributed by atoms with E-state index in [1.54, 1.807) is 12.1 Å². The van der Waals surface area contributed by atoms with Crippen molar-refractivity contribution in [3.8, 4) is 0 Å². The van der Waals surface area contributed by atoms with E-state index < -0.39 is 10.2 Å². The zero-order valence-corrected chi connectivity index (χ0v) is 9.77. The SMILES string of the molecule is O=S(=O)(F)c1ccc(C[n+]2ccccc2)cc1. The van der Waals surface area contributed by atoms with Gasteiger partial charge in [-0.3, -0.25) is 0 Å². The minimum atomic E-state index is -4.60. The first-order chi connectivity index (χ1) is 8.05. The smallest absolute Gasteiger partial charge is 0.201 e. The number of rotatable bonds is 3. The average molecular weight is 252 g/mol. The summed E-state index contributed by atoms with van der Waals surface area (Å²) < 4.78 is 35.9. The topological polar surface area (TPSA) is 38.0 Å². The molecule has 1 aromatic carbocycles. The number of nitrogens with zero attached hydrogens (tertiary/aromatic N) is 1. The summed E-state index contributed by atoms with van der Waals surface area (Å²) in [5.74, 6) is 0. The molecular weight excluding hydrogens is 241 g/mol. The molecule has 1 heterocycles. The van der Waals surface area contributed by atoms with Crippen LogP contribution in [0.2, 0.25) is 0 Å². The minimum absolute atomic E-state index is 0.306. The second-order valence-corrected chi connectivity index (χ2v) is 4.98. The maximum absolute atomic E-state index is 12.6. The van der Waals surface area contributed by atoms with Crippen LogP contribution in [0, 0.1) is 0 Å². The van der Waals surface area contributed by atoms with Gasteiger partial charge in [0.1, 0.15) is 0 Å². The van der Waals surface area contributed by atoms with Crippen LogP contribution < -0.4 is 4.57 Å². The fourth-order valence-electron chi connectivity index (χ4n) is 1.51. The quantitative estimate of drug-likeness (QED) is 0.615. The molecule has 2 rings (SSSR count). The molecular formula is C12H11FNO2S+. The molecule has 0 saturated heterocycles. The Bertz CT molecular complexity index is 594. The molecule has 0 spiro atoms. The van der Waals surface area contributed by atoms with E-state index in [0.717, 1.165) is 5.56 Å². The van der Waals surface area contributed by atoms with Crippen LogP contribution >= 0.6 is 0 Å². The zero-order valence-electron chi connectivity index (χ0n) is 8.95. The Labute approximate surface area is 99.4 Å².